The normalized spacial score (nSPS) is 18.4. The lowest BCUT2D eigenvalue weighted by Crippen LogP contribution is -2.57. The molecule has 4 amide bonds. The number of H-pyrrole nitrogens is 1. The summed E-state index contributed by atoms with van der Waals surface area (Å²) in [6, 6.07) is 15.5. The fraction of sp³-hybridized carbons (Fsp3) is 0.466. The number of pyridine rings is 1. The van der Waals surface area contributed by atoms with E-state index in [4.69, 9.17) is 0 Å². The van der Waals surface area contributed by atoms with Crippen LogP contribution in [0.4, 0.5) is 28.9 Å². The third-order valence-electron chi connectivity index (χ3n) is 14.8. The first-order chi connectivity index (χ1) is 36.9. The number of nitrogens with one attached hydrogen (secondary N) is 4. The number of aliphatic hydroxyl groups excluding tert-OH is 1. The van der Waals surface area contributed by atoms with Gasteiger partial charge in [-0.2, -0.15) is 13.2 Å². The molecule has 0 bridgehead atoms. The minimum absolute atomic E-state index is 0.0282. The molecule has 418 valence electrons. The standard InChI is InChI=1S/C58H70F4N8O7S/c1-34-30-69(31-35(2)68(34)7)47-23-21-39(25-46(47)66-54(75)43-29-63-51(74)27-44(43)58(60,61)62)42-22-20-40(24-45(42)59)49(72)14-12-10-8-9-11-13-15-50(73)67-53(57(4,5)6)56(77)70-32-41(71)26-48(70)55(76)64-28-37-16-18-38(19-17-37)52-36(3)65-33-78-52/h16-25,27,29,33-35,41,48,53,71H,8-15,26,28,30-32H2,1-7H3,(H,63,74)(H,64,76)(H,66,75)(H,67,73)/t34-,35+,41-,48+,53-/m1/s1. The Labute approximate surface area is 456 Å². The van der Waals surface area contributed by atoms with Crippen molar-refractivity contribution >= 4 is 52.1 Å². The molecule has 5 atom stereocenters. The molecule has 15 nitrogen and oxygen atoms in total. The summed E-state index contributed by atoms with van der Waals surface area (Å²) in [5.74, 6) is -3.18. The number of thiazole rings is 1. The number of aromatic nitrogens is 2. The molecular formula is C58H70F4N8O7S. The number of anilines is 2. The van der Waals surface area contributed by atoms with E-state index in [2.05, 4.69) is 30.8 Å². The molecule has 5 aromatic rings. The van der Waals surface area contributed by atoms with E-state index in [1.54, 1.807) is 29.0 Å². The molecule has 2 aromatic heterocycles. The Morgan fingerprint density at radius 2 is 1.51 bits per heavy atom. The molecular weight excluding hydrogens is 1030 g/mol. The first-order valence-corrected chi connectivity index (χ1v) is 27.4. The number of likely N-dealkylation sites (tertiary alicyclic amines) is 1. The number of rotatable bonds is 20. The second-order valence-electron chi connectivity index (χ2n) is 21.8. The van der Waals surface area contributed by atoms with Gasteiger partial charge in [0.15, 0.2) is 5.78 Å². The minimum atomic E-state index is -4.99. The summed E-state index contributed by atoms with van der Waals surface area (Å²) >= 11 is 1.56. The predicted molar refractivity (Wildman–Crippen MR) is 294 cm³/mol. The second kappa shape index (κ2) is 25.4. The van der Waals surface area contributed by atoms with Crippen molar-refractivity contribution in [2.45, 2.75) is 142 Å². The lowest BCUT2D eigenvalue weighted by molar-refractivity contribution is -0.144. The summed E-state index contributed by atoms with van der Waals surface area (Å²) < 4.78 is 57.8. The van der Waals surface area contributed by atoms with Crippen LogP contribution in [0.1, 0.15) is 130 Å². The van der Waals surface area contributed by atoms with Crippen molar-refractivity contribution < 1.29 is 46.6 Å². The number of carbonyl (C=O) groups is 5. The highest BCUT2D eigenvalue weighted by Gasteiger charge is 2.44. The Morgan fingerprint density at radius 3 is 2.14 bits per heavy atom. The maximum atomic E-state index is 15.9. The molecule has 2 fully saturated rings. The number of β-amino-alcohol motifs (C(OH)–C–C–N with tert-alkyl or cyclic N) is 1. The van der Waals surface area contributed by atoms with Gasteiger partial charge in [0.25, 0.3) is 5.91 Å². The van der Waals surface area contributed by atoms with E-state index in [9.17, 15) is 47.0 Å². The van der Waals surface area contributed by atoms with Crippen LogP contribution in [0, 0.1) is 18.2 Å². The van der Waals surface area contributed by atoms with Gasteiger partial charge in [-0.05, 0) is 81.0 Å². The van der Waals surface area contributed by atoms with Gasteiger partial charge < -0.3 is 35.8 Å². The van der Waals surface area contributed by atoms with Gasteiger partial charge in [0, 0.05) is 80.9 Å². The molecule has 0 saturated carbocycles. The molecule has 2 aliphatic rings. The van der Waals surface area contributed by atoms with E-state index >= 15 is 4.39 Å². The van der Waals surface area contributed by atoms with E-state index in [-0.39, 0.29) is 78.8 Å². The summed E-state index contributed by atoms with van der Waals surface area (Å²) in [6.45, 7) is 12.8. The summed E-state index contributed by atoms with van der Waals surface area (Å²) in [7, 11) is 1.99. The fourth-order valence-electron chi connectivity index (χ4n) is 10.1. The van der Waals surface area contributed by atoms with Crippen molar-refractivity contribution in [3.05, 3.63) is 123 Å². The monoisotopic (exact) mass is 1100 g/mol. The van der Waals surface area contributed by atoms with Gasteiger partial charge in [-0.3, -0.25) is 33.7 Å². The van der Waals surface area contributed by atoms with Crippen molar-refractivity contribution in [2.24, 2.45) is 5.41 Å². The number of benzene rings is 3. The number of hydrogen-bond donors (Lipinski definition) is 5. The third kappa shape index (κ3) is 14.7. The SMILES string of the molecule is Cc1ncsc1-c1ccc(CNC(=O)[C@@H]2C[C@@H](O)CN2C(=O)[C@@H](NC(=O)CCCCCCCCC(=O)c2ccc(-c3ccc(N4C[C@@H](C)N(C)[C@@H](C)C4)c(NC(=O)c4c[nH]c(=O)cc4C(F)(F)F)c3)c(F)c2)C(C)(C)C)cc1. The first-order valence-electron chi connectivity index (χ1n) is 26.5. The number of aliphatic hydroxyl groups is 1. The van der Waals surface area contributed by atoms with E-state index in [1.807, 2.05) is 77.8 Å². The third-order valence-corrected chi connectivity index (χ3v) is 15.8. The van der Waals surface area contributed by atoms with Gasteiger partial charge in [-0.1, -0.05) is 88.9 Å². The zero-order valence-electron chi connectivity index (χ0n) is 45.2. The molecule has 3 aromatic carbocycles. The van der Waals surface area contributed by atoms with Crippen LogP contribution in [0.15, 0.2) is 83.2 Å². The van der Waals surface area contributed by atoms with Crippen molar-refractivity contribution in [1.29, 1.82) is 0 Å². The van der Waals surface area contributed by atoms with E-state index in [1.165, 1.54) is 23.1 Å². The second-order valence-corrected chi connectivity index (χ2v) is 22.6. The molecule has 0 spiro atoms. The number of piperazine rings is 1. The zero-order chi connectivity index (χ0) is 56.6. The Hall–Kier alpha value is -6.77. The van der Waals surface area contributed by atoms with Gasteiger partial charge >= 0.3 is 6.18 Å². The summed E-state index contributed by atoms with van der Waals surface area (Å²) in [6.07, 6.45) is -0.534. The van der Waals surface area contributed by atoms with Crippen LogP contribution in [0.3, 0.4) is 0 Å². The highest BCUT2D eigenvalue weighted by atomic mass is 32.1. The fourth-order valence-corrected chi connectivity index (χ4v) is 10.9. The van der Waals surface area contributed by atoms with Crippen LogP contribution < -0.4 is 26.4 Å². The maximum absolute atomic E-state index is 15.9. The quantitative estimate of drug-likeness (QED) is 0.0284. The highest BCUT2D eigenvalue weighted by molar-refractivity contribution is 7.13. The highest BCUT2D eigenvalue weighted by Crippen LogP contribution is 2.37. The van der Waals surface area contributed by atoms with E-state index in [0.29, 0.717) is 43.2 Å². The molecule has 20 heteroatoms. The van der Waals surface area contributed by atoms with Gasteiger partial charge in [-0.15, -0.1) is 11.3 Å². The van der Waals surface area contributed by atoms with Crippen LogP contribution >= 0.6 is 11.3 Å². The number of halogens is 4. The number of alkyl halides is 3. The molecule has 2 saturated heterocycles. The van der Waals surface area contributed by atoms with Crippen molar-refractivity contribution in [2.75, 3.05) is 36.9 Å². The average Bonchev–Trinajstić information content (AvgIpc) is 4.04. The number of likely N-dealkylation sites (N-methyl/N-ethyl adjacent to an activating group) is 1. The van der Waals surface area contributed by atoms with Crippen LogP contribution in [0.25, 0.3) is 21.6 Å². The Balaban J connectivity index is 0.873. The number of amides is 4. The first kappa shape index (κ1) is 58.9. The van der Waals surface area contributed by atoms with E-state index in [0.717, 1.165) is 59.6 Å². The van der Waals surface area contributed by atoms with Gasteiger partial charge in [0.1, 0.15) is 17.9 Å². The lowest BCUT2D eigenvalue weighted by atomic mass is 9.85. The Kier molecular flexibility index (Phi) is 19.1. The molecule has 7 rings (SSSR count). The topological polar surface area (TPSA) is 197 Å². The zero-order valence-corrected chi connectivity index (χ0v) is 46.0. The number of nitrogens with zero attached hydrogens (tertiary/aromatic N) is 4. The van der Waals surface area contributed by atoms with Crippen molar-refractivity contribution in [3.63, 3.8) is 0 Å². The molecule has 0 unspecified atom stereocenters. The van der Waals surface area contributed by atoms with Gasteiger partial charge in [-0.25, -0.2) is 9.37 Å². The van der Waals surface area contributed by atoms with Crippen LogP contribution in [0.2, 0.25) is 0 Å². The minimum Gasteiger partial charge on any atom is -0.391 e. The molecule has 78 heavy (non-hydrogen) atoms. The molecule has 4 heterocycles. The van der Waals surface area contributed by atoms with Crippen molar-refractivity contribution in [3.8, 4) is 21.6 Å². The number of aromatic amines is 1. The number of unbranched alkanes of at least 4 members (excludes halogenated alkanes) is 5. The maximum Gasteiger partial charge on any atom is 0.417 e. The molecule has 0 radical (unpaired) electrons. The predicted octanol–water partition coefficient (Wildman–Crippen LogP) is 9.53. The molecule has 2 aliphatic heterocycles. The molecule has 5 N–H and O–H groups in total. The average molecular weight is 1100 g/mol. The van der Waals surface area contributed by atoms with Crippen LogP contribution in [-0.2, 0) is 27.1 Å². The number of Topliss-reactive ketones (excluding diaryl/α,β-unsaturated/α-hetero) is 1. The largest absolute Gasteiger partial charge is 0.417 e. The lowest BCUT2D eigenvalue weighted by Gasteiger charge is -2.44. The van der Waals surface area contributed by atoms with E-state index < -0.39 is 64.1 Å². The number of carbonyl (C=O) groups excluding carboxylic acids is 5. The number of hydrogen-bond acceptors (Lipinski definition) is 11. The summed E-state index contributed by atoms with van der Waals surface area (Å²) in [5, 5.41) is 19.0. The Bertz CT molecular complexity index is 3020. The molecule has 0 aliphatic carbocycles. The van der Waals surface area contributed by atoms with Crippen molar-refractivity contribution in [1.82, 2.24) is 30.4 Å². The smallest absolute Gasteiger partial charge is 0.391 e. The Morgan fingerprint density at radius 1 is 0.859 bits per heavy atom. The van der Waals surface area contributed by atoms with Crippen LogP contribution in [0.5, 0.6) is 0 Å². The van der Waals surface area contributed by atoms with Crippen LogP contribution in [-0.4, -0.2) is 111 Å². The van der Waals surface area contributed by atoms with Gasteiger partial charge in [0.05, 0.1) is 44.7 Å². The summed E-state index contributed by atoms with van der Waals surface area (Å²) in [4.78, 5) is 92.5. The van der Waals surface area contributed by atoms with Gasteiger partial charge in [0.2, 0.25) is 23.3 Å². The number of aryl methyl sites for hydroxylation is 1. The summed E-state index contributed by atoms with van der Waals surface area (Å²) in [5.41, 5.74) is 2.01. The number of ketones is 1.